The predicted octanol–water partition coefficient (Wildman–Crippen LogP) is 6.56. The summed E-state index contributed by atoms with van der Waals surface area (Å²) < 4.78 is 29.3. The van der Waals surface area contributed by atoms with E-state index in [1.54, 1.807) is 29.0 Å². The van der Waals surface area contributed by atoms with Crippen molar-refractivity contribution in [3.05, 3.63) is 104 Å². The Bertz CT molecular complexity index is 1490. The van der Waals surface area contributed by atoms with Crippen LogP contribution < -0.4 is 5.32 Å². The van der Waals surface area contributed by atoms with Gasteiger partial charge in [-0.15, -0.1) is 0 Å². The zero-order valence-corrected chi connectivity index (χ0v) is 21.5. The normalized spacial score (nSPS) is 13.9. The Morgan fingerprint density at radius 1 is 1.14 bits per heavy atom. The quantitative estimate of drug-likeness (QED) is 0.276. The van der Waals surface area contributed by atoms with E-state index in [0.717, 1.165) is 44.8 Å². The molecule has 5 rings (SSSR count). The van der Waals surface area contributed by atoms with Gasteiger partial charge >= 0.3 is 6.03 Å². The number of fused-ring (bicyclic) bond motifs is 3. The molecule has 2 aromatic heterocycles. The van der Waals surface area contributed by atoms with Crippen molar-refractivity contribution in [3.63, 3.8) is 0 Å². The largest absolute Gasteiger partial charge is 0.333 e. The zero-order valence-electron chi connectivity index (χ0n) is 19.1. The fraction of sp³-hybridized carbons (Fsp3) is 0.185. The average Bonchev–Trinajstić information content (AvgIpc) is 3.17. The summed E-state index contributed by atoms with van der Waals surface area (Å²) in [6.45, 7) is 2.43. The fourth-order valence-electron chi connectivity index (χ4n) is 4.54. The van der Waals surface area contributed by atoms with Gasteiger partial charge in [0.05, 0.1) is 5.52 Å². The maximum atomic E-state index is 13.5. The van der Waals surface area contributed by atoms with Gasteiger partial charge in [0.25, 0.3) is 0 Å². The number of nitrogens with zero attached hydrogens (tertiary/aromatic N) is 3. The summed E-state index contributed by atoms with van der Waals surface area (Å²) in [5.74, 6) is -1.71. The summed E-state index contributed by atoms with van der Waals surface area (Å²) in [4.78, 5) is 19.6. The third-order valence-corrected chi connectivity index (χ3v) is 6.95. The maximum Gasteiger partial charge on any atom is 0.326 e. The number of benzene rings is 2. The van der Waals surface area contributed by atoms with Crippen LogP contribution in [-0.2, 0) is 19.5 Å². The van der Waals surface area contributed by atoms with E-state index < -0.39 is 11.6 Å². The second-order valence-corrected chi connectivity index (χ2v) is 9.93. The van der Waals surface area contributed by atoms with Crippen LogP contribution in [0.3, 0.4) is 0 Å². The molecule has 0 radical (unpaired) electrons. The van der Waals surface area contributed by atoms with Crippen LogP contribution in [0.1, 0.15) is 22.4 Å². The molecule has 184 valence electrons. The highest BCUT2D eigenvalue weighted by Crippen LogP contribution is 2.32. The number of pyridine rings is 1. The second kappa shape index (κ2) is 10.5. The van der Waals surface area contributed by atoms with E-state index in [0.29, 0.717) is 36.8 Å². The van der Waals surface area contributed by atoms with E-state index in [9.17, 15) is 13.6 Å². The zero-order chi connectivity index (χ0) is 25.2. The summed E-state index contributed by atoms with van der Waals surface area (Å²) >= 11 is 9.51. The SMILES string of the molecule is O=C(NCc1ccnc(Cl)c1)n1c2c(c3ccc(Br)cc31)CN(C/C=C/c1ccc(F)c(F)c1)CC2. The Hall–Kier alpha value is -3.07. The molecule has 2 aromatic carbocycles. The Balaban J connectivity index is 1.36. The van der Waals surface area contributed by atoms with Crippen molar-refractivity contribution >= 4 is 50.5 Å². The maximum absolute atomic E-state index is 13.5. The van der Waals surface area contributed by atoms with Crippen molar-refractivity contribution in [3.8, 4) is 0 Å². The molecule has 0 aliphatic carbocycles. The van der Waals surface area contributed by atoms with Crippen LogP contribution in [0.5, 0.6) is 0 Å². The first kappa shape index (κ1) is 24.6. The average molecular weight is 572 g/mol. The molecule has 3 heterocycles. The van der Waals surface area contributed by atoms with Gasteiger partial charge in [0.1, 0.15) is 5.15 Å². The number of carbonyl (C=O) groups excluding carboxylic acids is 1. The lowest BCUT2D eigenvalue weighted by molar-refractivity contribution is 0.240. The topological polar surface area (TPSA) is 50.2 Å². The molecule has 0 saturated heterocycles. The molecule has 5 nitrogen and oxygen atoms in total. The van der Waals surface area contributed by atoms with Gasteiger partial charge in [-0.25, -0.2) is 18.6 Å². The van der Waals surface area contributed by atoms with E-state index in [-0.39, 0.29) is 6.03 Å². The lowest BCUT2D eigenvalue weighted by Crippen LogP contribution is -2.34. The molecule has 0 bridgehead atoms. The van der Waals surface area contributed by atoms with Gasteiger partial charge in [-0.2, -0.15) is 0 Å². The van der Waals surface area contributed by atoms with Gasteiger partial charge in [-0.05, 0) is 53.1 Å². The van der Waals surface area contributed by atoms with Crippen molar-refractivity contribution in [2.75, 3.05) is 13.1 Å². The van der Waals surface area contributed by atoms with Gasteiger partial charge < -0.3 is 5.32 Å². The smallest absolute Gasteiger partial charge is 0.326 e. The third-order valence-electron chi connectivity index (χ3n) is 6.25. The fourth-order valence-corrected chi connectivity index (χ4v) is 5.08. The van der Waals surface area contributed by atoms with Crippen LogP contribution in [0, 0.1) is 11.6 Å². The van der Waals surface area contributed by atoms with Gasteiger partial charge in [-0.3, -0.25) is 9.47 Å². The number of amides is 1. The van der Waals surface area contributed by atoms with Crippen molar-refractivity contribution < 1.29 is 13.6 Å². The summed E-state index contributed by atoms with van der Waals surface area (Å²) in [6.07, 6.45) is 6.05. The first-order chi connectivity index (χ1) is 17.4. The van der Waals surface area contributed by atoms with E-state index in [1.807, 2.05) is 30.3 Å². The minimum atomic E-state index is -0.857. The van der Waals surface area contributed by atoms with E-state index >= 15 is 0 Å². The summed E-state index contributed by atoms with van der Waals surface area (Å²) in [6, 6.07) is 13.2. The lowest BCUT2D eigenvalue weighted by Gasteiger charge is -2.27. The number of nitrogens with one attached hydrogen (secondary N) is 1. The highest BCUT2D eigenvalue weighted by atomic mass is 79.9. The van der Waals surface area contributed by atoms with Crippen LogP contribution in [0.2, 0.25) is 5.15 Å². The van der Waals surface area contributed by atoms with Crippen LogP contribution in [0.25, 0.3) is 17.0 Å². The van der Waals surface area contributed by atoms with Crippen LogP contribution >= 0.6 is 27.5 Å². The number of aromatic nitrogens is 2. The van der Waals surface area contributed by atoms with Gasteiger partial charge in [-0.1, -0.05) is 51.8 Å². The summed E-state index contributed by atoms with van der Waals surface area (Å²) in [7, 11) is 0. The summed E-state index contributed by atoms with van der Waals surface area (Å²) in [5.41, 5.74) is 4.44. The molecule has 0 atom stereocenters. The Kier molecular flexibility index (Phi) is 7.18. The minimum absolute atomic E-state index is 0.195. The minimum Gasteiger partial charge on any atom is -0.333 e. The molecule has 1 aliphatic heterocycles. The van der Waals surface area contributed by atoms with Crippen molar-refractivity contribution in [2.45, 2.75) is 19.5 Å². The molecule has 0 fully saturated rings. The van der Waals surface area contributed by atoms with Crippen molar-refractivity contribution in [1.29, 1.82) is 0 Å². The summed E-state index contributed by atoms with van der Waals surface area (Å²) in [5, 5.41) is 4.42. The monoisotopic (exact) mass is 570 g/mol. The number of carbonyl (C=O) groups is 1. The Morgan fingerprint density at radius 2 is 2.00 bits per heavy atom. The third kappa shape index (κ3) is 5.21. The molecule has 4 aromatic rings. The number of rotatable bonds is 5. The van der Waals surface area contributed by atoms with Crippen LogP contribution in [0.4, 0.5) is 13.6 Å². The number of halogens is 4. The Morgan fingerprint density at radius 3 is 2.81 bits per heavy atom. The standard InChI is InChI=1S/C27H22BrClF2N4O/c28-19-4-5-20-21-16-34(10-1-2-17-3-6-22(30)23(31)12-17)11-8-24(21)35(25(20)14-19)27(36)33-15-18-7-9-32-26(29)13-18/h1-7,9,12-14H,8,10-11,15-16H2,(H,33,36)/b2-1+. The molecule has 0 unspecified atom stereocenters. The Labute approximate surface area is 220 Å². The lowest BCUT2D eigenvalue weighted by atomic mass is 10.0. The molecule has 9 heteroatoms. The molecule has 36 heavy (non-hydrogen) atoms. The second-order valence-electron chi connectivity index (χ2n) is 8.63. The van der Waals surface area contributed by atoms with Gasteiger partial charge in [0.2, 0.25) is 0 Å². The van der Waals surface area contributed by atoms with E-state index in [1.165, 1.54) is 6.07 Å². The number of hydrogen-bond acceptors (Lipinski definition) is 3. The molecule has 0 saturated carbocycles. The van der Waals surface area contributed by atoms with Gasteiger partial charge in [0.15, 0.2) is 11.6 Å². The molecule has 1 aliphatic rings. The first-order valence-corrected chi connectivity index (χ1v) is 12.6. The van der Waals surface area contributed by atoms with Crippen molar-refractivity contribution in [1.82, 2.24) is 19.8 Å². The highest BCUT2D eigenvalue weighted by molar-refractivity contribution is 9.10. The molecule has 1 N–H and O–H groups in total. The molecule has 0 spiro atoms. The van der Waals surface area contributed by atoms with Crippen molar-refractivity contribution in [2.24, 2.45) is 0 Å². The molecular formula is C27H22BrClF2N4O. The first-order valence-electron chi connectivity index (χ1n) is 11.4. The van der Waals surface area contributed by atoms with Crippen LogP contribution in [0.15, 0.2) is 65.3 Å². The predicted molar refractivity (Wildman–Crippen MR) is 141 cm³/mol. The van der Waals surface area contributed by atoms with Crippen LogP contribution in [-0.4, -0.2) is 33.6 Å². The van der Waals surface area contributed by atoms with E-state index in [4.69, 9.17) is 11.6 Å². The number of hydrogen-bond donors (Lipinski definition) is 1. The molecule has 1 amide bonds. The van der Waals surface area contributed by atoms with Gasteiger partial charge in [0, 0.05) is 54.3 Å². The highest BCUT2D eigenvalue weighted by Gasteiger charge is 2.26. The molecular weight excluding hydrogens is 550 g/mol. The van der Waals surface area contributed by atoms with E-state index in [2.05, 4.69) is 31.1 Å².